The molecule has 0 aliphatic carbocycles. The summed E-state index contributed by atoms with van der Waals surface area (Å²) in [4.78, 5) is 23.8. The Morgan fingerprint density at radius 2 is 1.96 bits per heavy atom. The molecule has 2 amide bonds. The number of aromatic nitrogens is 3. The van der Waals surface area contributed by atoms with E-state index >= 15 is 0 Å². The number of carbonyl (C=O) groups is 2. The van der Waals surface area contributed by atoms with Gasteiger partial charge < -0.3 is 15.2 Å². The summed E-state index contributed by atoms with van der Waals surface area (Å²) in [6, 6.07) is 7.04. The predicted octanol–water partition coefficient (Wildman–Crippen LogP) is 2.20. The third kappa shape index (κ3) is 5.79. The summed E-state index contributed by atoms with van der Waals surface area (Å²) in [6.07, 6.45) is 0.820. The maximum atomic E-state index is 11.9. The molecule has 134 valence electrons. The zero-order chi connectivity index (χ0) is 18.2. The molecule has 2 rings (SSSR count). The number of amides is 2. The van der Waals surface area contributed by atoms with Gasteiger partial charge in [-0.05, 0) is 43.4 Å². The molecule has 25 heavy (non-hydrogen) atoms. The zero-order valence-electron chi connectivity index (χ0n) is 13.8. The van der Waals surface area contributed by atoms with Gasteiger partial charge in [-0.2, -0.15) is 5.10 Å². The molecule has 1 aromatic carbocycles. The second-order valence-corrected chi connectivity index (χ2v) is 6.60. The Morgan fingerprint density at radius 3 is 2.64 bits per heavy atom. The van der Waals surface area contributed by atoms with E-state index in [9.17, 15) is 9.59 Å². The van der Waals surface area contributed by atoms with Crippen molar-refractivity contribution in [3.8, 4) is 0 Å². The third-order valence-electron chi connectivity index (χ3n) is 3.57. The molecule has 2 aromatic rings. The van der Waals surface area contributed by atoms with Crippen molar-refractivity contribution in [2.45, 2.75) is 26.3 Å². The Labute approximate surface area is 159 Å². The van der Waals surface area contributed by atoms with Gasteiger partial charge in [-0.3, -0.25) is 14.7 Å². The van der Waals surface area contributed by atoms with Gasteiger partial charge in [0.05, 0.1) is 0 Å². The molecular formula is C16H20BrN5O2S. The Hall–Kier alpha value is -2.00. The van der Waals surface area contributed by atoms with Crippen LogP contribution >= 0.6 is 28.1 Å². The van der Waals surface area contributed by atoms with Gasteiger partial charge in [0.1, 0.15) is 5.82 Å². The second kappa shape index (κ2) is 9.47. The highest BCUT2D eigenvalue weighted by Crippen LogP contribution is 2.10. The Bertz CT molecular complexity index is 785. The number of nitrogens with one attached hydrogen (secondary N) is 3. The summed E-state index contributed by atoms with van der Waals surface area (Å²) in [5.41, 5.74) is 0.561. The van der Waals surface area contributed by atoms with Crippen LogP contribution in [-0.2, 0) is 17.8 Å². The molecule has 0 aliphatic heterocycles. The fourth-order valence-corrected chi connectivity index (χ4v) is 2.81. The lowest BCUT2D eigenvalue weighted by molar-refractivity contribution is -0.120. The lowest BCUT2D eigenvalue weighted by atomic mass is 10.2. The molecule has 0 saturated heterocycles. The molecule has 0 saturated carbocycles. The van der Waals surface area contributed by atoms with E-state index in [0.717, 1.165) is 16.8 Å². The van der Waals surface area contributed by atoms with E-state index in [0.29, 0.717) is 23.3 Å². The number of halogens is 1. The molecule has 0 radical (unpaired) electrons. The fourth-order valence-electron chi connectivity index (χ4n) is 2.26. The van der Waals surface area contributed by atoms with Crippen molar-refractivity contribution >= 4 is 40.0 Å². The average Bonchev–Trinajstić information content (AvgIpc) is 2.95. The lowest BCUT2D eigenvalue weighted by Crippen LogP contribution is -2.32. The maximum Gasteiger partial charge on any atom is 0.251 e. The van der Waals surface area contributed by atoms with Gasteiger partial charge in [0, 0.05) is 42.5 Å². The molecule has 0 bridgehead atoms. The summed E-state index contributed by atoms with van der Waals surface area (Å²) in [5.74, 6) is 0.503. The van der Waals surface area contributed by atoms with Crippen molar-refractivity contribution in [2.24, 2.45) is 0 Å². The molecular weight excluding hydrogens is 406 g/mol. The predicted molar refractivity (Wildman–Crippen MR) is 101 cm³/mol. The zero-order valence-corrected chi connectivity index (χ0v) is 16.2. The van der Waals surface area contributed by atoms with E-state index in [1.807, 2.05) is 11.5 Å². The van der Waals surface area contributed by atoms with E-state index in [1.165, 1.54) is 0 Å². The molecule has 0 spiro atoms. The van der Waals surface area contributed by atoms with Crippen LogP contribution in [-0.4, -0.2) is 39.7 Å². The van der Waals surface area contributed by atoms with Gasteiger partial charge in [0.2, 0.25) is 5.91 Å². The Kier molecular flexibility index (Phi) is 7.32. The van der Waals surface area contributed by atoms with E-state index in [-0.39, 0.29) is 24.8 Å². The first-order valence-electron chi connectivity index (χ1n) is 7.95. The van der Waals surface area contributed by atoms with Crippen LogP contribution in [0.2, 0.25) is 0 Å². The molecule has 7 nitrogen and oxygen atoms in total. The number of aromatic amines is 1. The summed E-state index contributed by atoms with van der Waals surface area (Å²) in [6.45, 7) is 3.48. The number of hydrogen-bond donors (Lipinski definition) is 3. The molecule has 0 fully saturated rings. The third-order valence-corrected chi connectivity index (χ3v) is 4.41. The summed E-state index contributed by atoms with van der Waals surface area (Å²) in [7, 11) is 0. The topological polar surface area (TPSA) is 91.8 Å². The number of carbonyl (C=O) groups excluding carboxylic acids is 2. The standard InChI is InChI=1S/C16H20BrN5O2S/c1-2-22-13(20-21-16(22)25)7-9-18-14(23)8-10-19-15(24)11-3-5-12(17)6-4-11/h3-6H,2,7-10H2,1H3,(H,18,23)(H,19,24)(H,21,25). The van der Waals surface area contributed by atoms with Crippen molar-refractivity contribution < 1.29 is 9.59 Å². The average molecular weight is 426 g/mol. The first kappa shape index (κ1) is 19.3. The van der Waals surface area contributed by atoms with Crippen LogP contribution in [0.15, 0.2) is 28.7 Å². The van der Waals surface area contributed by atoms with E-state index in [2.05, 4.69) is 36.8 Å². The molecule has 1 heterocycles. The monoisotopic (exact) mass is 425 g/mol. The first-order chi connectivity index (χ1) is 12.0. The Morgan fingerprint density at radius 1 is 1.24 bits per heavy atom. The molecule has 0 unspecified atom stereocenters. The van der Waals surface area contributed by atoms with Crippen LogP contribution in [0.3, 0.4) is 0 Å². The summed E-state index contributed by atoms with van der Waals surface area (Å²) >= 11 is 8.44. The van der Waals surface area contributed by atoms with E-state index < -0.39 is 0 Å². The molecule has 0 aliphatic rings. The van der Waals surface area contributed by atoms with E-state index in [4.69, 9.17) is 12.2 Å². The van der Waals surface area contributed by atoms with Crippen molar-refractivity contribution in [3.05, 3.63) is 44.9 Å². The minimum atomic E-state index is -0.196. The van der Waals surface area contributed by atoms with Crippen molar-refractivity contribution in [3.63, 3.8) is 0 Å². The largest absolute Gasteiger partial charge is 0.356 e. The quantitative estimate of drug-likeness (QED) is 0.565. The smallest absolute Gasteiger partial charge is 0.251 e. The van der Waals surface area contributed by atoms with Crippen LogP contribution in [0.4, 0.5) is 0 Å². The molecule has 3 N–H and O–H groups in total. The van der Waals surface area contributed by atoms with Crippen LogP contribution < -0.4 is 10.6 Å². The maximum absolute atomic E-state index is 11.9. The van der Waals surface area contributed by atoms with Crippen LogP contribution in [0.5, 0.6) is 0 Å². The van der Waals surface area contributed by atoms with Gasteiger partial charge >= 0.3 is 0 Å². The lowest BCUT2D eigenvalue weighted by Gasteiger charge is -2.07. The van der Waals surface area contributed by atoms with Gasteiger partial charge in [0.25, 0.3) is 5.91 Å². The van der Waals surface area contributed by atoms with Gasteiger partial charge in [-0.25, -0.2) is 0 Å². The molecule has 9 heteroatoms. The second-order valence-electron chi connectivity index (χ2n) is 5.30. The molecule has 1 aromatic heterocycles. The number of hydrogen-bond acceptors (Lipinski definition) is 4. The summed E-state index contributed by atoms with van der Waals surface area (Å²) in [5, 5.41) is 12.4. The number of nitrogens with zero attached hydrogens (tertiary/aromatic N) is 2. The van der Waals surface area contributed by atoms with Crippen LogP contribution in [0, 0.1) is 4.77 Å². The Balaban J connectivity index is 1.68. The minimum Gasteiger partial charge on any atom is -0.356 e. The highest BCUT2D eigenvalue weighted by atomic mass is 79.9. The summed E-state index contributed by atoms with van der Waals surface area (Å²) < 4.78 is 3.38. The highest BCUT2D eigenvalue weighted by Gasteiger charge is 2.08. The number of H-pyrrole nitrogens is 1. The van der Waals surface area contributed by atoms with Crippen molar-refractivity contribution in [1.82, 2.24) is 25.4 Å². The van der Waals surface area contributed by atoms with Crippen molar-refractivity contribution in [1.29, 1.82) is 0 Å². The number of rotatable bonds is 8. The SMILES string of the molecule is CCn1c(CCNC(=O)CCNC(=O)c2ccc(Br)cc2)n[nH]c1=S. The van der Waals surface area contributed by atoms with E-state index in [1.54, 1.807) is 24.3 Å². The molecule has 0 atom stereocenters. The minimum absolute atomic E-state index is 0.117. The number of benzene rings is 1. The normalized spacial score (nSPS) is 10.5. The van der Waals surface area contributed by atoms with Gasteiger partial charge in [0.15, 0.2) is 4.77 Å². The first-order valence-corrected chi connectivity index (χ1v) is 9.16. The van der Waals surface area contributed by atoms with Gasteiger partial charge in [-0.15, -0.1) is 0 Å². The van der Waals surface area contributed by atoms with Gasteiger partial charge in [-0.1, -0.05) is 15.9 Å². The fraction of sp³-hybridized carbons (Fsp3) is 0.375. The van der Waals surface area contributed by atoms with Crippen LogP contribution in [0.25, 0.3) is 0 Å². The van der Waals surface area contributed by atoms with Crippen LogP contribution in [0.1, 0.15) is 29.5 Å². The van der Waals surface area contributed by atoms with Crippen molar-refractivity contribution in [2.75, 3.05) is 13.1 Å². The highest BCUT2D eigenvalue weighted by molar-refractivity contribution is 9.10.